The summed E-state index contributed by atoms with van der Waals surface area (Å²) in [5, 5.41) is 0. The Morgan fingerprint density at radius 3 is 2.38 bits per heavy atom. The van der Waals surface area contributed by atoms with Gasteiger partial charge in [0.05, 0.1) is 0 Å². The highest BCUT2D eigenvalue weighted by Crippen LogP contribution is 2.34. The van der Waals surface area contributed by atoms with Gasteiger partial charge in [-0.3, -0.25) is 0 Å². The van der Waals surface area contributed by atoms with Gasteiger partial charge in [-0.2, -0.15) is 0 Å². The van der Waals surface area contributed by atoms with Gasteiger partial charge in [0.2, 0.25) is 0 Å². The van der Waals surface area contributed by atoms with E-state index in [1.165, 1.54) is 33.4 Å². The van der Waals surface area contributed by atoms with Crippen molar-refractivity contribution >= 4 is 5.57 Å². The fraction of sp³-hybridized carbons (Fsp3) is 0.385. The number of hydrogen-bond donors (Lipinski definition) is 0. The van der Waals surface area contributed by atoms with Crippen LogP contribution in [0.2, 0.25) is 0 Å². The molecule has 1 aliphatic rings. The van der Waals surface area contributed by atoms with E-state index >= 15 is 0 Å². The van der Waals surface area contributed by atoms with Crippen molar-refractivity contribution in [3.8, 4) is 0 Å². The third-order valence-corrected chi connectivity index (χ3v) is 3.03. The van der Waals surface area contributed by atoms with Crippen LogP contribution in [-0.2, 0) is 6.42 Å². The summed E-state index contributed by atoms with van der Waals surface area (Å²) in [4.78, 5) is 0. The Hall–Kier alpha value is -1.04. The molecule has 0 saturated heterocycles. The van der Waals surface area contributed by atoms with Crippen molar-refractivity contribution in [1.29, 1.82) is 0 Å². The summed E-state index contributed by atoms with van der Waals surface area (Å²) in [7, 11) is 0. The van der Waals surface area contributed by atoms with Crippen molar-refractivity contribution < 1.29 is 0 Å². The standard InChI is InChI=1S/C13H16/c1-8-5-10(3)13-11(4)9(2)7-12(13)6-8/h5-6H,7H2,1-4H3. The molecule has 2 rings (SSSR count). The molecule has 0 nitrogen and oxygen atoms in total. The van der Waals surface area contributed by atoms with Gasteiger partial charge in [0.15, 0.2) is 0 Å². The Balaban J connectivity index is 2.67. The van der Waals surface area contributed by atoms with Gasteiger partial charge in [0.1, 0.15) is 0 Å². The smallest absolute Gasteiger partial charge is 0.00577 e. The largest absolute Gasteiger partial charge is 0.0654 e. The van der Waals surface area contributed by atoms with Crippen LogP contribution in [0, 0.1) is 13.8 Å². The van der Waals surface area contributed by atoms with E-state index in [1.54, 1.807) is 0 Å². The first-order valence-electron chi connectivity index (χ1n) is 4.86. The highest BCUT2D eigenvalue weighted by atomic mass is 14.2. The molecule has 0 fully saturated rings. The molecule has 13 heavy (non-hydrogen) atoms. The zero-order chi connectivity index (χ0) is 9.59. The molecule has 1 aromatic carbocycles. The van der Waals surface area contributed by atoms with E-state index in [9.17, 15) is 0 Å². The number of hydrogen-bond acceptors (Lipinski definition) is 0. The maximum Gasteiger partial charge on any atom is -0.00577 e. The predicted molar refractivity (Wildman–Crippen MR) is 57.9 cm³/mol. The first-order valence-corrected chi connectivity index (χ1v) is 4.86. The zero-order valence-corrected chi connectivity index (χ0v) is 8.86. The number of allylic oxidation sites excluding steroid dienone is 2. The highest BCUT2D eigenvalue weighted by Gasteiger charge is 2.17. The third kappa shape index (κ3) is 1.21. The molecule has 0 unspecified atom stereocenters. The number of fused-ring (bicyclic) bond motifs is 1. The lowest BCUT2D eigenvalue weighted by Gasteiger charge is -2.07. The van der Waals surface area contributed by atoms with Gasteiger partial charge in [-0.25, -0.2) is 0 Å². The number of rotatable bonds is 0. The van der Waals surface area contributed by atoms with Crippen molar-refractivity contribution in [2.45, 2.75) is 34.1 Å². The molecule has 0 radical (unpaired) electrons. The Kier molecular flexibility index (Phi) is 1.80. The molecule has 0 N–H and O–H groups in total. The van der Waals surface area contributed by atoms with Gasteiger partial charge in [-0.1, -0.05) is 23.3 Å². The first-order chi connectivity index (χ1) is 6.09. The maximum absolute atomic E-state index is 2.32. The lowest BCUT2D eigenvalue weighted by Crippen LogP contribution is -1.89. The van der Waals surface area contributed by atoms with E-state index in [1.807, 2.05) is 0 Å². The first kappa shape index (κ1) is 8.55. The van der Waals surface area contributed by atoms with Crippen molar-refractivity contribution in [2.24, 2.45) is 0 Å². The fourth-order valence-corrected chi connectivity index (χ4v) is 2.36. The van der Waals surface area contributed by atoms with E-state index in [2.05, 4.69) is 39.8 Å². The van der Waals surface area contributed by atoms with Crippen LogP contribution in [0.1, 0.15) is 36.1 Å². The van der Waals surface area contributed by atoms with E-state index < -0.39 is 0 Å². The van der Waals surface area contributed by atoms with Crippen LogP contribution in [0.3, 0.4) is 0 Å². The van der Waals surface area contributed by atoms with Gasteiger partial charge in [0, 0.05) is 0 Å². The monoisotopic (exact) mass is 172 g/mol. The van der Waals surface area contributed by atoms with Crippen molar-refractivity contribution in [3.05, 3.63) is 40.0 Å². The Morgan fingerprint density at radius 2 is 1.69 bits per heavy atom. The summed E-state index contributed by atoms with van der Waals surface area (Å²) in [6.07, 6.45) is 1.16. The van der Waals surface area contributed by atoms with Gasteiger partial charge >= 0.3 is 0 Å². The molecule has 0 amide bonds. The minimum absolute atomic E-state index is 1.16. The quantitative estimate of drug-likeness (QED) is 0.560. The second kappa shape index (κ2) is 2.73. The molecule has 0 aromatic heterocycles. The fourth-order valence-electron chi connectivity index (χ4n) is 2.36. The molecule has 0 atom stereocenters. The topological polar surface area (TPSA) is 0 Å². The molecule has 1 aromatic rings. The Morgan fingerprint density at radius 1 is 1.00 bits per heavy atom. The average molecular weight is 172 g/mol. The summed E-state index contributed by atoms with van der Waals surface area (Å²) < 4.78 is 0. The summed E-state index contributed by atoms with van der Waals surface area (Å²) in [5.74, 6) is 0. The molecular formula is C13H16. The SMILES string of the molecule is CC1=C(C)c2c(C)cc(C)cc2C1. The number of aryl methyl sites for hydroxylation is 2. The molecule has 0 bridgehead atoms. The van der Waals surface area contributed by atoms with Crippen LogP contribution in [0.25, 0.3) is 5.57 Å². The van der Waals surface area contributed by atoms with Gasteiger partial charge < -0.3 is 0 Å². The van der Waals surface area contributed by atoms with Crippen molar-refractivity contribution in [1.82, 2.24) is 0 Å². The van der Waals surface area contributed by atoms with Crippen LogP contribution < -0.4 is 0 Å². The lowest BCUT2D eigenvalue weighted by atomic mass is 9.98. The normalized spacial score (nSPS) is 15.1. The second-order valence-corrected chi connectivity index (χ2v) is 4.20. The van der Waals surface area contributed by atoms with Crippen LogP contribution in [0.4, 0.5) is 0 Å². The van der Waals surface area contributed by atoms with Crippen LogP contribution in [0.15, 0.2) is 17.7 Å². The Bertz CT molecular complexity index is 395. The molecule has 0 saturated carbocycles. The zero-order valence-electron chi connectivity index (χ0n) is 8.86. The maximum atomic E-state index is 2.32. The van der Waals surface area contributed by atoms with Crippen LogP contribution >= 0.6 is 0 Å². The van der Waals surface area contributed by atoms with Crippen molar-refractivity contribution in [3.63, 3.8) is 0 Å². The van der Waals surface area contributed by atoms with Crippen LogP contribution in [0.5, 0.6) is 0 Å². The second-order valence-electron chi connectivity index (χ2n) is 4.20. The summed E-state index contributed by atoms with van der Waals surface area (Å²) in [6, 6.07) is 4.60. The minimum atomic E-state index is 1.16. The molecule has 0 spiro atoms. The molecule has 0 heterocycles. The Labute approximate surface area is 80.3 Å². The third-order valence-electron chi connectivity index (χ3n) is 3.03. The van der Waals surface area contributed by atoms with E-state index in [0.29, 0.717) is 0 Å². The molecule has 68 valence electrons. The summed E-state index contributed by atoms with van der Waals surface area (Å²) in [6.45, 7) is 8.87. The molecule has 1 aliphatic carbocycles. The summed E-state index contributed by atoms with van der Waals surface area (Å²) in [5.41, 5.74) is 8.87. The van der Waals surface area contributed by atoms with E-state index in [-0.39, 0.29) is 0 Å². The minimum Gasteiger partial charge on any atom is -0.0654 e. The van der Waals surface area contributed by atoms with Crippen molar-refractivity contribution in [2.75, 3.05) is 0 Å². The van der Waals surface area contributed by atoms with Crippen LogP contribution in [-0.4, -0.2) is 0 Å². The van der Waals surface area contributed by atoms with E-state index in [4.69, 9.17) is 0 Å². The number of benzene rings is 1. The predicted octanol–water partition coefficient (Wildman–Crippen LogP) is 3.65. The average Bonchev–Trinajstić information content (AvgIpc) is 2.27. The molecule has 0 aliphatic heterocycles. The lowest BCUT2D eigenvalue weighted by molar-refractivity contribution is 1.17. The molecule has 0 heteroatoms. The van der Waals surface area contributed by atoms with Gasteiger partial charge in [-0.15, -0.1) is 0 Å². The van der Waals surface area contributed by atoms with Gasteiger partial charge in [0.25, 0.3) is 0 Å². The van der Waals surface area contributed by atoms with Gasteiger partial charge in [-0.05, 0) is 56.4 Å². The highest BCUT2D eigenvalue weighted by molar-refractivity contribution is 5.77. The molecular weight excluding hydrogens is 156 g/mol. The summed E-state index contributed by atoms with van der Waals surface area (Å²) >= 11 is 0. The van der Waals surface area contributed by atoms with E-state index in [0.717, 1.165) is 6.42 Å².